The van der Waals surface area contributed by atoms with Crippen LogP contribution in [0.1, 0.15) is 34.2 Å². The lowest BCUT2D eigenvalue weighted by Crippen LogP contribution is -1.91. The van der Waals surface area contributed by atoms with Crippen molar-refractivity contribution in [2.24, 2.45) is 0 Å². The third kappa shape index (κ3) is 1.13. The Balaban J connectivity index is 2.56. The van der Waals surface area contributed by atoms with Crippen LogP contribution in [0, 0.1) is 6.92 Å². The zero-order valence-corrected chi connectivity index (χ0v) is 8.50. The minimum Gasteiger partial charge on any atom is -0.145 e. The first kappa shape index (κ1) is 8.06. The van der Waals surface area contributed by atoms with Gasteiger partial charge in [0.05, 0.1) is 0 Å². The lowest BCUT2D eigenvalue weighted by molar-refractivity contribution is 1.00. The summed E-state index contributed by atoms with van der Waals surface area (Å²) in [6.45, 7) is 4.49. The van der Waals surface area contributed by atoms with Gasteiger partial charge < -0.3 is 0 Å². The minimum absolute atomic E-state index is 1.18. The Morgan fingerprint density at radius 2 is 2.33 bits per heavy atom. The topological polar surface area (TPSA) is 0 Å². The number of aryl methyl sites for hydroxylation is 2. The Hall–Kier alpha value is -0.560. The van der Waals surface area contributed by atoms with Gasteiger partial charge in [-0.05, 0) is 37.3 Å². The van der Waals surface area contributed by atoms with Crippen LogP contribution in [0.15, 0.2) is 6.08 Å². The molecule has 0 atom stereocenters. The second kappa shape index (κ2) is 3.06. The van der Waals surface area contributed by atoms with E-state index in [9.17, 15) is 0 Å². The second-order valence-corrected chi connectivity index (χ2v) is 4.58. The number of hydrogen-bond donors (Lipinski definition) is 0. The van der Waals surface area contributed by atoms with Crippen LogP contribution in [0.5, 0.6) is 0 Å². The fourth-order valence-electron chi connectivity index (χ4n) is 1.89. The molecule has 1 heteroatoms. The van der Waals surface area contributed by atoms with Crippen LogP contribution in [0.4, 0.5) is 0 Å². The number of rotatable bonds is 1. The van der Waals surface area contributed by atoms with Crippen LogP contribution in [0.25, 0.3) is 6.08 Å². The molecule has 0 nitrogen and oxygen atoms in total. The highest BCUT2D eigenvalue weighted by Crippen LogP contribution is 2.33. The largest absolute Gasteiger partial charge is 0.145 e. The molecule has 0 saturated carbocycles. The molecule has 0 aromatic carbocycles. The minimum atomic E-state index is 1.18. The third-order valence-electron chi connectivity index (χ3n) is 2.50. The fourth-order valence-corrected chi connectivity index (χ4v) is 3.16. The van der Waals surface area contributed by atoms with Crippen LogP contribution in [-0.4, -0.2) is 0 Å². The molecule has 0 amide bonds. The molecule has 2 rings (SSSR count). The molecule has 1 aromatic rings. The smallest absolute Gasteiger partial charge is 0.0126 e. The molecule has 0 bridgehead atoms. The van der Waals surface area contributed by atoms with Crippen LogP contribution >= 0.6 is 11.3 Å². The summed E-state index contributed by atoms with van der Waals surface area (Å²) in [4.78, 5) is 3.13. The van der Waals surface area contributed by atoms with E-state index in [1.807, 2.05) is 11.3 Å². The maximum absolute atomic E-state index is 2.31. The monoisotopic (exact) mass is 178 g/mol. The van der Waals surface area contributed by atoms with Gasteiger partial charge in [0.15, 0.2) is 0 Å². The molecular weight excluding hydrogens is 164 g/mol. The highest BCUT2D eigenvalue weighted by atomic mass is 32.1. The lowest BCUT2D eigenvalue weighted by Gasteiger charge is -2.05. The average molecular weight is 178 g/mol. The Kier molecular flexibility index (Phi) is 2.05. The summed E-state index contributed by atoms with van der Waals surface area (Å²) < 4.78 is 0. The van der Waals surface area contributed by atoms with E-state index in [1.54, 1.807) is 10.4 Å². The van der Waals surface area contributed by atoms with Gasteiger partial charge in [0, 0.05) is 9.75 Å². The van der Waals surface area contributed by atoms with Crippen LogP contribution in [0.2, 0.25) is 0 Å². The highest BCUT2D eigenvalue weighted by molar-refractivity contribution is 7.12. The quantitative estimate of drug-likeness (QED) is 0.616. The summed E-state index contributed by atoms with van der Waals surface area (Å²) in [5.74, 6) is 0. The molecule has 64 valence electrons. The summed E-state index contributed by atoms with van der Waals surface area (Å²) in [7, 11) is 0. The predicted molar refractivity (Wildman–Crippen MR) is 55.8 cm³/mol. The molecule has 0 unspecified atom stereocenters. The first-order valence-corrected chi connectivity index (χ1v) is 5.42. The summed E-state index contributed by atoms with van der Waals surface area (Å²) >= 11 is 1.99. The molecule has 0 N–H and O–H groups in total. The van der Waals surface area contributed by atoms with Crippen molar-refractivity contribution in [3.05, 3.63) is 27.0 Å². The van der Waals surface area contributed by atoms with Crippen molar-refractivity contribution < 1.29 is 0 Å². The maximum Gasteiger partial charge on any atom is 0.0126 e. The molecule has 0 saturated heterocycles. The highest BCUT2D eigenvalue weighted by Gasteiger charge is 2.13. The van der Waals surface area contributed by atoms with Gasteiger partial charge in [-0.1, -0.05) is 19.1 Å². The summed E-state index contributed by atoms with van der Waals surface area (Å²) in [5, 5.41) is 0. The van der Waals surface area contributed by atoms with E-state index in [4.69, 9.17) is 0 Å². The van der Waals surface area contributed by atoms with Gasteiger partial charge in [-0.3, -0.25) is 0 Å². The maximum atomic E-state index is 2.31. The zero-order chi connectivity index (χ0) is 8.55. The molecule has 12 heavy (non-hydrogen) atoms. The molecule has 1 aromatic heterocycles. The Bertz CT molecular complexity index is 318. The van der Waals surface area contributed by atoms with E-state index < -0.39 is 0 Å². The Morgan fingerprint density at radius 1 is 1.50 bits per heavy atom. The van der Waals surface area contributed by atoms with Gasteiger partial charge in [-0.2, -0.15) is 0 Å². The van der Waals surface area contributed by atoms with Gasteiger partial charge in [0.2, 0.25) is 0 Å². The van der Waals surface area contributed by atoms with E-state index in [2.05, 4.69) is 26.0 Å². The Labute approximate surface area is 77.9 Å². The second-order valence-electron chi connectivity index (χ2n) is 3.27. The van der Waals surface area contributed by atoms with E-state index in [1.165, 1.54) is 29.7 Å². The number of hydrogen-bond acceptors (Lipinski definition) is 1. The number of fused-ring (bicyclic) bond motifs is 1. The van der Waals surface area contributed by atoms with E-state index >= 15 is 0 Å². The predicted octanol–water partition coefficient (Wildman–Crippen LogP) is 3.58. The van der Waals surface area contributed by atoms with Gasteiger partial charge in [-0.15, -0.1) is 11.3 Å². The molecule has 1 aliphatic carbocycles. The molecule has 0 fully saturated rings. The molecule has 0 aliphatic heterocycles. The van der Waals surface area contributed by atoms with E-state index in [0.717, 1.165) is 0 Å². The summed E-state index contributed by atoms with van der Waals surface area (Å²) in [5.41, 5.74) is 3.11. The molecule has 0 radical (unpaired) electrons. The fraction of sp³-hybridized carbons (Fsp3) is 0.455. The van der Waals surface area contributed by atoms with Gasteiger partial charge >= 0.3 is 0 Å². The number of allylic oxidation sites excluding steroid dienone is 1. The summed E-state index contributed by atoms with van der Waals surface area (Å²) in [6.07, 6.45) is 8.28. The van der Waals surface area contributed by atoms with Crippen LogP contribution in [0.3, 0.4) is 0 Å². The van der Waals surface area contributed by atoms with Crippen molar-refractivity contribution in [2.45, 2.75) is 33.1 Å². The van der Waals surface area contributed by atoms with Crippen molar-refractivity contribution in [2.75, 3.05) is 0 Å². The van der Waals surface area contributed by atoms with Gasteiger partial charge in [0.25, 0.3) is 0 Å². The van der Waals surface area contributed by atoms with E-state index in [-0.39, 0.29) is 0 Å². The van der Waals surface area contributed by atoms with Gasteiger partial charge in [0.1, 0.15) is 0 Å². The first-order chi connectivity index (χ1) is 5.83. The van der Waals surface area contributed by atoms with Gasteiger partial charge in [-0.25, -0.2) is 0 Å². The SMILES string of the molecule is CCc1c(C)sc2c1C=CCC2. The Morgan fingerprint density at radius 3 is 3.08 bits per heavy atom. The molecule has 0 spiro atoms. The van der Waals surface area contributed by atoms with Crippen molar-refractivity contribution in [1.82, 2.24) is 0 Å². The third-order valence-corrected chi connectivity index (χ3v) is 3.73. The molecule has 1 heterocycles. The lowest BCUT2D eigenvalue weighted by atomic mass is 10.00. The van der Waals surface area contributed by atoms with Crippen molar-refractivity contribution in [1.29, 1.82) is 0 Å². The van der Waals surface area contributed by atoms with Crippen molar-refractivity contribution >= 4 is 17.4 Å². The van der Waals surface area contributed by atoms with Crippen molar-refractivity contribution in [3.63, 3.8) is 0 Å². The zero-order valence-electron chi connectivity index (χ0n) is 7.68. The van der Waals surface area contributed by atoms with E-state index in [0.29, 0.717) is 0 Å². The van der Waals surface area contributed by atoms with Crippen LogP contribution in [-0.2, 0) is 12.8 Å². The summed E-state index contributed by atoms with van der Waals surface area (Å²) in [6, 6.07) is 0. The molecule has 1 aliphatic rings. The first-order valence-electron chi connectivity index (χ1n) is 4.60. The number of thiophene rings is 1. The average Bonchev–Trinajstić information content (AvgIpc) is 2.40. The normalized spacial score (nSPS) is 14.8. The standard InChI is InChI=1S/C11H14S/c1-3-9-8(2)12-11-7-5-4-6-10(9)11/h4,6H,3,5,7H2,1-2H3. The van der Waals surface area contributed by atoms with Crippen molar-refractivity contribution in [3.8, 4) is 0 Å². The van der Waals surface area contributed by atoms with Crippen LogP contribution < -0.4 is 0 Å². The molecular formula is C11H14S.